The third kappa shape index (κ3) is 4.53. The molecule has 1 atom stereocenters. The minimum absolute atomic E-state index is 0.352. The Bertz CT molecular complexity index is 432. The van der Waals surface area contributed by atoms with E-state index in [0.29, 0.717) is 16.6 Å². The second kappa shape index (κ2) is 6.93. The van der Waals surface area contributed by atoms with Gasteiger partial charge in [-0.2, -0.15) is 0 Å². The Morgan fingerprint density at radius 1 is 1.63 bits per heavy atom. The van der Waals surface area contributed by atoms with Crippen LogP contribution >= 0.6 is 12.2 Å². The smallest absolute Gasteiger partial charge is 0.122 e. The van der Waals surface area contributed by atoms with Crippen molar-refractivity contribution in [3.05, 3.63) is 29.6 Å². The molecular weight excluding hydrogens is 258 g/mol. The zero-order chi connectivity index (χ0) is 13.7. The Balaban J connectivity index is 1.88. The third-order valence-corrected chi connectivity index (χ3v) is 3.56. The van der Waals surface area contributed by atoms with Crippen molar-refractivity contribution in [2.24, 2.45) is 11.7 Å². The molecule has 0 spiro atoms. The van der Waals surface area contributed by atoms with Gasteiger partial charge in [-0.3, -0.25) is 4.98 Å². The maximum Gasteiger partial charge on any atom is 0.122 e. The summed E-state index contributed by atoms with van der Waals surface area (Å²) in [4.78, 5) is 6.83. The molecule has 1 unspecified atom stereocenters. The van der Waals surface area contributed by atoms with Crippen LogP contribution in [-0.4, -0.2) is 41.7 Å². The normalized spacial score (nSPS) is 19.6. The minimum atomic E-state index is 0.352. The largest absolute Gasteiger partial charge is 0.388 e. The van der Waals surface area contributed by atoms with Crippen LogP contribution in [0.15, 0.2) is 18.3 Å². The lowest BCUT2D eigenvalue weighted by Crippen LogP contribution is -2.30. The highest BCUT2D eigenvalue weighted by molar-refractivity contribution is 7.80. The zero-order valence-electron chi connectivity index (χ0n) is 11.3. The monoisotopic (exact) mass is 279 g/mol. The van der Waals surface area contributed by atoms with Gasteiger partial charge in [0, 0.05) is 25.9 Å². The summed E-state index contributed by atoms with van der Waals surface area (Å²) in [6.07, 6.45) is 4.21. The molecule has 19 heavy (non-hydrogen) atoms. The van der Waals surface area contributed by atoms with Crippen LogP contribution in [-0.2, 0) is 11.3 Å². The van der Waals surface area contributed by atoms with Crippen LogP contribution in [0.4, 0.5) is 0 Å². The molecule has 1 aromatic heterocycles. The predicted octanol–water partition coefficient (Wildman–Crippen LogP) is 1.57. The van der Waals surface area contributed by atoms with Crippen molar-refractivity contribution >= 4 is 17.2 Å². The van der Waals surface area contributed by atoms with E-state index in [1.54, 1.807) is 6.20 Å². The van der Waals surface area contributed by atoms with Crippen molar-refractivity contribution < 1.29 is 4.74 Å². The fourth-order valence-corrected chi connectivity index (χ4v) is 2.59. The van der Waals surface area contributed by atoms with Gasteiger partial charge in [-0.25, -0.2) is 0 Å². The van der Waals surface area contributed by atoms with E-state index in [0.717, 1.165) is 26.3 Å². The van der Waals surface area contributed by atoms with Crippen molar-refractivity contribution in [2.75, 3.05) is 26.8 Å². The van der Waals surface area contributed by atoms with Gasteiger partial charge >= 0.3 is 0 Å². The summed E-state index contributed by atoms with van der Waals surface area (Å²) >= 11 is 4.95. The number of hydrogen-bond acceptors (Lipinski definition) is 4. The van der Waals surface area contributed by atoms with Crippen molar-refractivity contribution in [2.45, 2.75) is 19.4 Å². The topological polar surface area (TPSA) is 51.4 Å². The SMILES string of the molecule is CN(Cc1ccnc(C(N)=S)c1)CC1CCCOC1. The van der Waals surface area contributed by atoms with Crippen molar-refractivity contribution in [3.63, 3.8) is 0 Å². The molecule has 1 aliphatic rings. The van der Waals surface area contributed by atoms with E-state index in [-0.39, 0.29) is 0 Å². The highest BCUT2D eigenvalue weighted by atomic mass is 32.1. The van der Waals surface area contributed by atoms with Gasteiger partial charge in [-0.1, -0.05) is 12.2 Å². The summed E-state index contributed by atoms with van der Waals surface area (Å²) in [6, 6.07) is 3.98. The summed E-state index contributed by atoms with van der Waals surface area (Å²) in [6.45, 7) is 3.75. The van der Waals surface area contributed by atoms with Crippen LogP contribution in [0, 0.1) is 5.92 Å². The molecule has 1 fully saturated rings. The summed E-state index contributed by atoms with van der Waals surface area (Å²) in [5.74, 6) is 0.649. The minimum Gasteiger partial charge on any atom is -0.388 e. The second-order valence-corrected chi connectivity index (χ2v) is 5.63. The number of nitrogens with two attached hydrogens (primary N) is 1. The second-order valence-electron chi connectivity index (χ2n) is 5.19. The molecule has 5 heteroatoms. The number of pyridine rings is 1. The van der Waals surface area contributed by atoms with Crippen LogP contribution in [0.5, 0.6) is 0 Å². The number of rotatable bonds is 5. The fourth-order valence-electron chi connectivity index (χ4n) is 2.48. The van der Waals surface area contributed by atoms with Crippen LogP contribution < -0.4 is 5.73 Å². The predicted molar refractivity (Wildman–Crippen MR) is 80.0 cm³/mol. The maximum atomic E-state index is 5.60. The average Bonchev–Trinajstić information content (AvgIpc) is 2.40. The highest BCUT2D eigenvalue weighted by Crippen LogP contribution is 2.15. The van der Waals surface area contributed by atoms with Crippen molar-refractivity contribution in [1.82, 2.24) is 9.88 Å². The molecule has 0 bridgehead atoms. The zero-order valence-corrected chi connectivity index (χ0v) is 12.2. The first-order chi connectivity index (χ1) is 9.15. The molecule has 4 nitrogen and oxygen atoms in total. The lowest BCUT2D eigenvalue weighted by molar-refractivity contribution is 0.0411. The quantitative estimate of drug-likeness (QED) is 0.829. The molecular formula is C14H21N3OS. The van der Waals surface area contributed by atoms with Gasteiger partial charge in [0.1, 0.15) is 4.99 Å². The van der Waals surface area contributed by atoms with E-state index in [1.807, 2.05) is 12.1 Å². The van der Waals surface area contributed by atoms with Gasteiger partial charge in [-0.15, -0.1) is 0 Å². The molecule has 104 valence electrons. The number of hydrogen-bond donors (Lipinski definition) is 1. The number of nitrogens with zero attached hydrogens (tertiary/aromatic N) is 2. The first kappa shape index (κ1) is 14.4. The fraction of sp³-hybridized carbons (Fsp3) is 0.571. The summed E-state index contributed by atoms with van der Waals surface area (Å²) < 4.78 is 5.51. The molecule has 1 saturated heterocycles. The van der Waals surface area contributed by atoms with E-state index in [4.69, 9.17) is 22.7 Å². The molecule has 1 aliphatic heterocycles. The lowest BCUT2D eigenvalue weighted by Gasteiger charge is -2.27. The summed E-state index contributed by atoms with van der Waals surface area (Å²) in [5.41, 5.74) is 7.49. The van der Waals surface area contributed by atoms with Crippen LogP contribution in [0.1, 0.15) is 24.1 Å². The number of ether oxygens (including phenoxy) is 1. The van der Waals surface area contributed by atoms with Gasteiger partial charge in [0.15, 0.2) is 0 Å². The molecule has 0 radical (unpaired) electrons. The molecule has 0 aromatic carbocycles. The molecule has 2 heterocycles. The van der Waals surface area contributed by atoms with Crippen molar-refractivity contribution in [1.29, 1.82) is 0 Å². The summed E-state index contributed by atoms with van der Waals surface area (Å²) in [5, 5.41) is 0. The Hall–Kier alpha value is -1.04. The summed E-state index contributed by atoms with van der Waals surface area (Å²) in [7, 11) is 2.13. The molecule has 1 aromatic rings. The van der Waals surface area contributed by atoms with E-state index < -0.39 is 0 Å². The molecule has 0 amide bonds. The molecule has 0 saturated carbocycles. The van der Waals surface area contributed by atoms with Crippen LogP contribution in [0.3, 0.4) is 0 Å². The van der Waals surface area contributed by atoms with Crippen molar-refractivity contribution in [3.8, 4) is 0 Å². The lowest BCUT2D eigenvalue weighted by atomic mass is 10.0. The van der Waals surface area contributed by atoms with Gasteiger partial charge in [0.2, 0.25) is 0 Å². The van der Waals surface area contributed by atoms with Crippen LogP contribution in [0.25, 0.3) is 0 Å². The number of thiocarbonyl (C=S) groups is 1. The van der Waals surface area contributed by atoms with E-state index in [1.165, 1.54) is 18.4 Å². The molecule has 2 rings (SSSR count). The Morgan fingerprint density at radius 2 is 2.47 bits per heavy atom. The Kier molecular flexibility index (Phi) is 5.24. The van der Waals surface area contributed by atoms with Gasteiger partial charge in [0.25, 0.3) is 0 Å². The van der Waals surface area contributed by atoms with E-state index >= 15 is 0 Å². The number of aromatic nitrogens is 1. The average molecular weight is 279 g/mol. The Morgan fingerprint density at radius 3 is 3.16 bits per heavy atom. The van der Waals surface area contributed by atoms with Gasteiger partial charge < -0.3 is 15.4 Å². The third-order valence-electron chi connectivity index (χ3n) is 3.35. The van der Waals surface area contributed by atoms with Gasteiger partial charge in [0.05, 0.1) is 12.3 Å². The van der Waals surface area contributed by atoms with E-state index in [9.17, 15) is 0 Å². The standard InChI is InChI=1S/C14H21N3OS/c1-17(9-12-3-2-6-18-10-12)8-11-4-5-16-13(7-11)14(15)19/h4-5,7,12H,2-3,6,8-10H2,1H3,(H2,15,19). The highest BCUT2D eigenvalue weighted by Gasteiger charge is 2.16. The Labute approximate surface area is 120 Å². The van der Waals surface area contributed by atoms with Crippen LogP contribution in [0.2, 0.25) is 0 Å². The molecule has 2 N–H and O–H groups in total. The van der Waals surface area contributed by atoms with E-state index in [2.05, 4.69) is 16.9 Å². The maximum absolute atomic E-state index is 5.60. The molecule has 0 aliphatic carbocycles. The van der Waals surface area contributed by atoms with Gasteiger partial charge in [-0.05, 0) is 43.5 Å². The first-order valence-electron chi connectivity index (χ1n) is 6.66. The first-order valence-corrected chi connectivity index (χ1v) is 7.07.